The van der Waals surface area contributed by atoms with Crippen LogP contribution in [0.1, 0.15) is 23.2 Å². The van der Waals surface area contributed by atoms with Crippen molar-refractivity contribution in [1.82, 2.24) is 5.32 Å². The molecule has 0 heterocycles. The van der Waals surface area contributed by atoms with Gasteiger partial charge in [0.15, 0.2) is 5.78 Å². The fourth-order valence-electron chi connectivity index (χ4n) is 1.87. The normalized spacial score (nSPS) is 12.2. The molecule has 0 aliphatic carbocycles. The number of ether oxygens (including phenoxy) is 2. The number of aliphatic carboxylic acids is 1. The number of nitrogens with one attached hydrogen (secondary N) is 1. The second-order valence-electron chi connectivity index (χ2n) is 4.89. The predicted octanol–water partition coefficient (Wildman–Crippen LogP) is 3.21. The summed E-state index contributed by atoms with van der Waals surface area (Å²) >= 11 is 16.3. The van der Waals surface area contributed by atoms with E-state index in [0.29, 0.717) is 11.3 Å². The fraction of sp³-hybridized carbons (Fsp3) is 0.400. The number of alkyl halides is 3. The van der Waals surface area contributed by atoms with Gasteiger partial charge in [-0.25, -0.2) is 9.59 Å². The number of benzene rings is 1. The van der Waals surface area contributed by atoms with Crippen LogP contribution in [-0.2, 0) is 9.53 Å². The average molecular weight is 413 g/mol. The van der Waals surface area contributed by atoms with Gasteiger partial charge in [-0.1, -0.05) is 46.9 Å². The van der Waals surface area contributed by atoms with E-state index in [4.69, 9.17) is 44.6 Å². The van der Waals surface area contributed by atoms with Crippen LogP contribution < -0.4 is 10.1 Å². The van der Waals surface area contributed by atoms with Crippen molar-refractivity contribution in [1.29, 1.82) is 0 Å². The van der Waals surface area contributed by atoms with Crippen LogP contribution in [0.25, 0.3) is 0 Å². The van der Waals surface area contributed by atoms with Crippen LogP contribution in [0.4, 0.5) is 4.79 Å². The van der Waals surface area contributed by atoms with E-state index < -0.39 is 28.5 Å². The molecule has 0 spiro atoms. The van der Waals surface area contributed by atoms with Gasteiger partial charge in [0, 0.05) is 6.42 Å². The Kier molecular flexibility index (Phi) is 8.28. The highest BCUT2D eigenvalue weighted by atomic mass is 35.6. The largest absolute Gasteiger partial charge is 0.496 e. The summed E-state index contributed by atoms with van der Waals surface area (Å²) in [6.45, 7) is -0.546. The first-order valence-corrected chi connectivity index (χ1v) is 8.16. The first-order valence-electron chi connectivity index (χ1n) is 7.03. The third-order valence-corrected chi connectivity index (χ3v) is 3.35. The zero-order valence-corrected chi connectivity index (χ0v) is 15.4. The van der Waals surface area contributed by atoms with Gasteiger partial charge in [0.2, 0.25) is 3.79 Å². The van der Waals surface area contributed by atoms with Gasteiger partial charge in [-0.05, 0) is 18.6 Å². The molecule has 1 amide bonds. The van der Waals surface area contributed by atoms with Gasteiger partial charge >= 0.3 is 12.1 Å². The second kappa shape index (κ2) is 9.70. The van der Waals surface area contributed by atoms with E-state index in [0.717, 1.165) is 0 Å². The Labute approximate surface area is 159 Å². The lowest BCUT2D eigenvalue weighted by Crippen LogP contribution is -2.42. The van der Waals surface area contributed by atoms with Crippen LogP contribution in [0, 0.1) is 0 Å². The lowest BCUT2D eigenvalue weighted by atomic mass is 10.0. The van der Waals surface area contributed by atoms with E-state index >= 15 is 0 Å². The molecule has 138 valence electrons. The Hall–Kier alpha value is -1.70. The molecule has 0 aliphatic heterocycles. The maximum Gasteiger partial charge on any atom is 0.407 e. The number of halogens is 3. The Morgan fingerprint density at radius 2 is 1.88 bits per heavy atom. The first-order chi connectivity index (χ1) is 11.6. The molecule has 25 heavy (non-hydrogen) atoms. The minimum atomic E-state index is -1.81. The summed E-state index contributed by atoms with van der Waals surface area (Å²) in [6.07, 6.45) is -1.33. The number of methoxy groups -OCH3 is 1. The van der Waals surface area contributed by atoms with E-state index in [1.807, 2.05) is 0 Å². The second-order valence-corrected chi connectivity index (χ2v) is 7.40. The summed E-state index contributed by atoms with van der Waals surface area (Å²) in [5.41, 5.74) is 0.327. The van der Waals surface area contributed by atoms with Crippen molar-refractivity contribution in [2.75, 3.05) is 13.7 Å². The topological polar surface area (TPSA) is 102 Å². The zero-order chi connectivity index (χ0) is 19.0. The SMILES string of the molecule is COc1ccccc1C(=O)CCC(NC(=O)OCC(Cl)(Cl)Cl)C(=O)O. The van der Waals surface area contributed by atoms with Crippen LogP contribution in [0.2, 0.25) is 0 Å². The molecule has 0 saturated carbocycles. The van der Waals surface area contributed by atoms with Gasteiger partial charge in [0.05, 0.1) is 12.7 Å². The lowest BCUT2D eigenvalue weighted by molar-refractivity contribution is -0.139. The number of alkyl carbamates (subject to hydrolysis) is 1. The number of Topliss-reactive ketones (excluding diaryl/α,β-unsaturated/α-hetero) is 1. The Balaban J connectivity index is 2.62. The molecule has 0 radical (unpaired) electrons. The monoisotopic (exact) mass is 411 g/mol. The smallest absolute Gasteiger partial charge is 0.407 e. The van der Waals surface area contributed by atoms with Gasteiger partial charge in [-0.3, -0.25) is 4.79 Å². The molecule has 1 atom stereocenters. The summed E-state index contributed by atoms with van der Waals surface area (Å²) in [5.74, 6) is -1.26. The minimum absolute atomic E-state index is 0.123. The number of carboxylic acid groups (broad SMARTS) is 1. The highest BCUT2D eigenvalue weighted by molar-refractivity contribution is 6.67. The zero-order valence-electron chi connectivity index (χ0n) is 13.1. The molecule has 0 aliphatic rings. The summed E-state index contributed by atoms with van der Waals surface area (Å²) < 4.78 is 7.88. The summed E-state index contributed by atoms with van der Waals surface area (Å²) in [5, 5.41) is 11.3. The molecular weight excluding hydrogens is 397 g/mol. The lowest BCUT2D eigenvalue weighted by Gasteiger charge is -2.16. The van der Waals surface area contributed by atoms with Crippen LogP contribution >= 0.6 is 34.8 Å². The number of ketones is 1. The summed E-state index contributed by atoms with van der Waals surface area (Å²) in [6, 6.07) is 5.23. The molecule has 0 bridgehead atoms. The summed E-state index contributed by atoms with van der Waals surface area (Å²) in [4.78, 5) is 35.0. The van der Waals surface area contributed by atoms with Crippen molar-refractivity contribution in [3.63, 3.8) is 0 Å². The Bertz CT molecular complexity index is 632. The van der Waals surface area contributed by atoms with Crippen molar-refractivity contribution in [3.05, 3.63) is 29.8 Å². The van der Waals surface area contributed by atoms with Gasteiger partial charge in [-0.15, -0.1) is 0 Å². The van der Waals surface area contributed by atoms with Gasteiger partial charge in [-0.2, -0.15) is 0 Å². The third-order valence-electron chi connectivity index (χ3n) is 3.02. The first kappa shape index (κ1) is 21.3. The quantitative estimate of drug-likeness (QED) is 0.502. The fourth-order valence-corrected chi connectivity index (χ4v) is 2.04. The van der Waals surface area contributed by atoms with E-state index in [1.54, 1.807) is 24.3 Å². The Morgan fingerprint density at radius 3 is 2.44 bits per heavy atom. The van der Waals surface area contributed by atoms with Crippen molar-refractivity contribution in [2.24, 2.45) is 0 Å². The predicted molar refractivity (Wildman–Crippen MR) is 92.8 cm³/mol. The number of hydrogen-bond acceptors (Lipinski definition) is 5. The molecule has 1 unspecified atom stereocenters. The highest BCUT2D eigenvalue weighted by Gasteiger charge is 2.26. The number of rotatable bonds is 8. The maximum atomic E-state index is 12.2. The molecule has 1 aromatic rings. The van der Waals surface area contributed by atoms with Crippen LogP contribution in [0.15, 0.2) is 24.3 Å². The van der Waals surface area contributed by atoms with E-state index in [-0.39, 0.29) is 18.6 Å². The number of carboxylic acids is 1. The van der Waals surface area contributed by atoms with Crippen LogP contribution in [-0.4, -0.2) is 46.5 Å². The van der Waals surface area contributed by atoms with Crippen molar-refractivity contribution < 1.29 is 29.0 Å². The van der Waals surface area contributed by atoms with Gasteiger partial charge in [0.1, 0.15) is 18.4 Å². The third kappa shape index (κ3) is 7.81. The van der Waals surface area contributed by atoms with E-state index in [2.05, 4.69) is 10.1 Å². The molecular formula is C15H16Cl3NO6. The Morgan fingerprint density at radius 1 is 1.24 bits per heavy atom. The molecule has 1 aromatic carbocycles. The standard InChI is InChI=1S/C15H16Cl3NO6/c1-24-12-5-3-2-4-9(12)11(20)7-6-10(13(21)22)19-14(23)25-8-15(16,17)18/h2-5,10H,6-8H2,1H3,(H,19,23)(H,21,22). The van der Waals surface area contributed by atoms with Crippen molar-refractivity contribution >= 4 is 52.6 Å². The van der Waals surface area contributed by atoms with Crippen molar-refractivity contribution in [3.8, 4) is 5.75 Å². The summed E-state index contributed by atoms with van der Waals surface area (Å²) in [7, 11) is 1.42. The molecule has 10 heteroatoms. The molecule has 0 fully saturated rings. The number of hydrogen-bond donors (Lipinski definition) is 2. The van der Waals surface area contributed by atoms with Gasteiger partial charge in [0.25, 0.3) is 0 Å². The molecule has 7 nitrogen and oxygen atoms in total. The van der Waals surface area contributed by atoms with E-state index in [9.17, 15) is 14.4 Å². The van der Waals surface area contributed by atoms with Gasteiger partial charge < -0.3 is 19.9 Å². The minimum Gasteiger partial charge on any atom is -0.496 e. The average Bonchev–Trinajstić information content (AvgIpc) is 2.55. The number of carbonyl (C=O) groups excluding carboxylic acids is 2. The van der Waals surface area contributed by atoms with Crippen molar-refractivity contribution in [2.45, 2.75) is 22.7 Å². The molecule has 0 aromatic heterocycles. The number of amides is 1. The molecule has 1 rings (SSSR count). The highest BCUT2D eigenvalue weighted by Crippen LogP contribution is 2.26. The molecule has 2 N–H and O–H groups in total. The number of carbonyl (C=O) groups is 3. The van der Waals surface area contributed by atoms with Crippen LogP contribution in [0.5, 0.6) is 5.75 Å². The maximum absolute atomic E-state index is 12.2. The van der Waals surface area contributed by atoms with Crippen LogP contribution in [0.3, 0.4) is 0 Å². The number of para-hydroxylation sites is 1. The van der Waals surface area contributed by atoms with E-state index in [1.165, 1.54) is 7.11 Å². The molecule has 0 saturated heterocycles.